The number of rotatable bonds is 40. The highest BCUT2D eigenvalue weighted by molar-refractivity contribution is 6.01. The Bertz CT molecular complexity index is 4120. The number of nitrogens with zero attached hydrogens (tertiary/aromatic N) is 1. The Morgan fingerprint density at radius 2 is 1.03 bits per heavy atom. The van der Waals surface area contributed by atoms with Crippen LogP contribution in [-0.2, 0) is 94.4 Å². The van der Waals surface area contributed by atoms with E-state index in [1.165, 1.54) is 33.3 Å². The van der Waals surface area contributed by atoms with Crippen molar-refractivity contribution >= 4 is 76.9 Å². The Morgan fingerprint density at radius 1 is 0.523 bits per heavy atom. The number of aromatic nitrogens is 2. The summed E-state index contributed by atoms with van der Waals surface area (Å²) in [5, 5.41) is 76.0. The molecule has 32 heteroatoms. The number of aromatic amines is 1. The van der Waals surface area contributed by atoms with Gasteiger partial charge in [0.2, 0.25) is 65.0 Å². The van der Waals surface area contributed by atoms with Crippen LogP contribution in [0.5, 0.6) is 0 Å². The van der Waals surface area contributed by atoms with Crippen LogP contribution < -0.4 is 64.6 Å². The second-order valence-corrected chi connectivity index (χ2v) is 26.5. The van der Waals surface area contributed by atoms with E-state index < -0.39 is 175 Å². The van der Waals surface area contributed by atoms with E-state index in [9.17, 15) is 87.9 Å². The predicted octanol–water partition coefficient (Wildman–Crippen LogP) is -0.929. The maximum atomic E-state index is 14.9. The zero-order chi connectivity index (χ0) is 78.9. The van der Waals surface area contributed by atoms with Gasteiger partial charge in [0.25, 0.3) is 0 Å². The van der Waals surface area contributed by atoms with Gasteiger partial charge in [-0.25, -0.2) is 4.98 Å². The molecule has 32 nitrogen and oxygen atoms in total. The molecule has 0 aliphatic carbocycles. The summed E-state index contributed by atoms with van der Waals surface area (Å²) in [4.78, 5) is 184. The molecule has 20 N–H and O–H groups in total. The van der Waals surface area contributed by atoms with Crippen LogP contribution in [-0.4, -0.2) is 197 Å². The molecule has 0 spiro atoms. The number of aliphatic hydroxyl groups excluding tert-OH is 3. The first-order valence-electron chi connectivity index (χ1n) is 34.5. The number of carbonyl (C=O) groups excluding carboxylic acids is 11. The van der Waals surface area contributed by atoms with Crippen molar-refractivity contribution in [3.63, 3.8) is 0 Å². The number of aliphatic hydroxyl groups is 3. The van der Waals surface area contributed by atoms with Crippen LogP contribution in [0.15, 0.2) is 140 Å². The summed E-state index contributed by atoms with van der Waals surface area (Å²) in [7, 11) is 0. The normalized spacial score (nSPS) is 14.6. The lowest BCUT2D eigenvalue weighted by atomic mass is 9.86. The number of benzene rings is 5. The molecule has 0 saturated carbocycles. The molecule has 5 aromatic carbocycles. The Kier molecular flexibility index (Phi) is 31.0. The molecule has 0 radical (unpaired) electrons. The number of imidazole rings is 1. The van der Waals surface area contributed by atoms with Crippen molar-refractivity contribution in [3.8, 4) is 22.3 Å². The molecule has 6 aromatic rings. The first kappa shape index (κ1) is 84.2. The van der Waals surface area contributed by atoms with E-state index in [-0.39, 0.29) is 32.1 Å². The van der Waals surface area contributed by atoms with Crippen molar-refractivity contribution in [3.05, 3.63) is 173 Å². The van der Waals surface area contributed by atoms with E-state index in [0.717, 1.165) is 53.6 Å². The van der Waals surface area contributed by atoms with E-state index >= 15 is 0 Å². The summed E-state index contributed by atoms with van der Waals surface area (Å²) in [6.07, 6.45) is -3.20. The number of hydrogen-bond acceptors (Lipinski definition) is 18. The van der Waals surface area contributed by atoms with Crippen molar-refractivity contribution in [2.45, 2.75) is 171 Å². The molecule has 0 fully saturated rings. The minimum atomic E-state index is -2.14. The molecule has 0 aliphatic heterocycles. The third-order valence-corrected chi connectivity index (χ3v) is 17.7. The minimum Gasteiger partial charge on any atom is -0.481 e. The average molecular weight is 1480 g/mol. The molecule has 0 bridgehead atoms. The molecule has 1 heterocycles. The van der Waals surface area contributed by atoms with Gasteiger partial charge >= 0.3 is 11.9 Å². The smallest absolute Gasteiger partial charge is 0.305 e. The standard InChI is InChI=1S/C75H94N14O18/c1-8-47-20-14-16-22-52(47)49-29-25-45(26-30-49)32-55(67(101)81-54(64(77)98)31-44-23-27-48(28-24-44)51-21-15-13-17-41(51)3)82-68(102)57(35-61(96)97)83-69(103)58(39-90)84-70(104)62(42(4)91)87-73(107)75(9-2,36-46-18-11-10-12-19-46)89-71(105)63(43(5)92)86-59(93)38-79-66(100)56(34-60(94)95)85-72(106)74(6,7)88-65(99)53(76)33-50-37-78-40-80-50/h10-30,37,40,42-43,53-58,62-63,90-92H,8-9,31-36,38-39,76H2,1-7H3,(H2,77,98)(H,78,80)(H,79,100)(H,81,101)(H,82,102)(H,83,103)(H,84,104)(H,85,106)(H,86,93)(H,87,107)(H,88,99)(H,89,105)(H,94,95)(H,96,97)/t42-,43-,53+,54+,55+,56+,57+,58+,62+,63+,75+/m1/s1. The summed E-state index contributed by atoms with van der Waals surface area (Å²) in [5.41, 5.74) is 15.7. The van der Waals surface area contributed by atoms with Crippen LogP contribution in [0, 0.1) is 6.92 Å². The van der Waals surface area contributed by atoms with Crippen LogP contribution in [0.3, 0.4) is 0 Å². The Labute approximate surface area is 617 Å². The Morgan fingerprint density at radius 3 is 1.57 bits per heavy atom. The Hall–Kier alpha value is -11.7. The number of carboxylic acids is 2. The fourth-order valence-corrected chi connectivity index (χ4v) is 11.5. The van der Waals surface area contributed by atoms with Gasteiger partial charge in [0.15, 0.2) is 0 Å². The SMILES string of the molecule is CCc1ccccc1-c1ccc(C[C@H](NC(=O)[C@H](CC(=O)O)NC(=O)[C@H](CO)NC(=O)[C@@H](NC(=O)[C@](CC)(Cc2ccccc2)NC(=O)[C@@H](NC(=O)CNC(=O)[C@H](CC(=O)O)NC(=O)C(C)(C)NC(=O)[C@@H](N)Cc2cnc[nH]2)[C@@H](C)O)[C@@H](C)O)C(=O)N[C@@H](Cc2ccc(-c3ccccc3C)cc2)C(N)=O)cc1. The first-order chi connectivity index (χ1) is 50.7. The number of carbonyl (C=O) groups is 13. The maximum absolute atomic E-state index is 14.9. The minimum absolute atomic E-state index is 0.0101. The van der Waals surface area contributed by atoms with E-state index in [1.54, 1.807) is 54.6 Å². The van der Waals surface area contributed by atoms with Gasteiger partial charge in [-0.3, -0.25) is 62.3 Å². The molecular formula is C75H94N14O18. The van der Waals surface area contributed by atoms with Crippen molar-refractivity contribution in [2.24, 2.45) is 11.5 Å². The van der Waals surface area contributed by atoms with E-state index in [1.807, 2.05) is 86.6 Å². The number of amides is 11. The Balaban J connectivity index is 1.17. The third-order valence-electron chi connectivity index (χ3n) is 17.7. The number of H-pyrrole nitrogens is 1. The molecule has 11 atom stereocenters. The second kappa shape index (κ2) is 39.4. The molecule has 6 rings (SSSR count). The molecule has 1 aromatic heterocycles. The number of nitrogens with two attached hydrogens (primary N) is 2. The largest absolute Gasteiger partial charge is 0.481 e. The third kappa shape index (κ3) is 24.7. The fourth-order valence-electron chi connectivity index (χ4n) is 11.5. The maximum Gasteiger partial charge on any atom is 0.305 e. The van der Waals surface area contributed by atoms with Gasteiger partial charge in [-0.15, -0.1) is 0 Å². The van der Waals surface area contributed by atoms with Crippen molar-refractivity contribution in [1.82, 2.24) is 63.1 Å². The molecule has 0 saturated heterocycles. The summed E-state index contributed by atoms with van der Waals surface area (Å²) < 4.78 is 0. The van der Waals surface area contributed by atoms with Crippen LogP contribution in [0.2, 0.25) is 0 Å². The number of aliphatic carboxylic acids is 2. The van der Waals surface area contributed by atoms with Crippen molar-refractivity contribution in [2.75, 3.05) is 13.2 Å². The summed E-state index contributed by atoms with van der Waals surface area (Å²) in [6, 6.07) is 23.8. The van der Waals surface area contributed by atoms with Crippen LogP contribution >= 0.6 is 0 Å². The number of hydrogen-bond donors (Lipinski definition) is 18. The number of carboxylic acid groups (broad SMARTS) is 2. The average Bonchev–Trinajstić information content (AvgIpc) is 1.00. The van der Waals surface area contributed by atoms with Crippen LogP contribution in [0.25, 0.3) is 22.3 Å². The molecule has 11 amide bonds. The van der Waals surface area contributed by atoms with Gasteiger partial charge in [0, 0.05) is 37.6 Å². The van der Waals surface area contributed by atoms with Crippen LogP contribution in [0.4, 0.5) is 0 Å². The molecule has 0 unspecified atom stereocenters. The number of nitrogens with one attached hydrogen (secondary N) is 11. The monoisotopic (exact) mass is 1480 g/mol. The van der Waals surface area contributed by atoms with Gasteiger partial charge < -0.3 is 95.2 Å². The lowest BCUT2D eigenvalue weighted by molar-refractivity contribution is -0.142. The summed E-state index contributed by atoms with van der Waals surface area (Å²) in [6.45, 7) is 7.87. The number of aryl methyl sites for hydroxylation is 2. The highest BCUT2D eigenvalue weighted by Crippen LogP contribution is 2.27. The highest BCUT2D eigenvalue weighted by atomic mass is 16.4. The lowest BCUT2D eigenvalue weighted by Gasteiger charge is -2.36. The summed E-state index contributed by atoms with van der Waals surface area (Å²) >= 11 is 0. The topological polar surface area (TPSA) is 524 Å². The second-order valence-electron chi connectivity index (χ2n) is 26.5. The lowest BCUT2D eigenvalue weighted by Crippen LogP contribution is -2.67. The zero-order valence-corrected chi connectivity index (χ0v) is 60.3. The number of primary amides is 1. The van der Waals surface area contributed by atoms with Gasteiger partial charge in [-0.2, -0.15) is 0 Å². The summed E-state index contributed by atoms with van der Waals surface area (Å²) in [5.74, 6) is -15.5. The molecule has 107 heavy (non-hydrogen) atoms. The van der Waals surface area contributed by atoms with Crippen LogP contribution in [0.1, 0.15) is 94.3 Å². The quantitative estimate of drug-likeness (QED) is 0.0221. The van der Waals surface area contributed by atoms with Crippen molar-refractivity contribution < 1.29 is 87.9 Å². The first-order valence-corrected chi connectivity index (χ1v) is 34.5. The van der Waals surface area contributed by atoms with Gasteiger partial charge in [-0.1, -0.05) is 141 Å². The zero-order valence-electron chi connectivity index (χ0n) is 60.3. The predicted molar refractivity (Wildman–Crippen MR) is 390 cm³/mol. The van der Waals surface area contributed by atoms with E-state index in [2.05, 4.69) is 63.1 Å². The fraction of sp³-hybridized carbons (Fsp3) is 0.387. The van der Waals surface area contributed by atoms with E-state index in [0.29, 0.717) is 22.4 Å². The van der Waals surface area contributed by atoms with Gasteiger partial charge in [-0.05, 0) is 97.5 Å². The van der Waals surface area contributed by atoms with Gasteiger partial charge in [0.05, 0.1) is 50.6 Å². The molecular weight excluding hydrogens is 1380 g/mol. The molecule has 572 valence electrons. The van der Waals surface area contributed by atoms with Crippen molar-refractivity contribution in [1.29, 1.82) is 0 Å². The van der Waals surface area contributed by atoms with E-state index in [4.69, 9.17) is 11.5 Å². The highest BCUT2D eigenvalue weighted by Gasteiger charge is 2.44. The van der Waals surface area contributed by atoms with Gasteiger partial charge in [0.1, 0.15) is 53.4 Å². The molecule has 0 aliphatic rings.